The van der Waals surface area contributed by atoms with Crippen LogP contribution < -0.4 is 15.1 Å². The second-order valence-electron chi connectivity index (χ2n) is 11.3. The van der Waals surface area contributed by atoms with Crippen LogP contribution in [-0.4, -0.2) is 30.1 Å². The molecule has 1 N–H and O–H groups in total. The van der Waals surface area contributed by atoms with Crippen LogP contribution in [0.5, 0.6) is 0 Å². The number of fused-ring (bicyclic) bond motifs is 1. The quantitative estimate of drug-likeness (QED) is 0.246. The number of alkyl carbamates (subject to hydrolysis) is 1. The van der Waals surface area contributed by atoms with Crippen molar-refractivity contribution in [3.63, 3.8) is 0 Å². The molecular weight excluding hydrogens is 526 g/mol. The van der Waals surface area contributed by atoms with Crippen LogP contribution >= 0.6 is 0 Å². The van der Waals surface area contributed by atoms with Gasteiger partial charge in [0.2, 0.25) is 11.8 Å². The van der Waals surface area contributed by atoms with Crippen molar-refractivity contribution >= 4 is 35.0 Å². The van der Waals surface area contributed by atoms with Gasteiger partial charge in [-0.05, 0) is 73.7 Å². The number of amides is 3. The number of carbonyl (C=O) groups is 3. The lowest BCUT2D eigenvalue weighted by Crippen LogP contribution is -2.33. The van der Waals surface area contributed by atoms with E-state index in [1.54, 1.807) is 9.80 Å². The summed E-state index contributed by atoms with van der Waals surface area (Å²) in [6.45, 7) is 6.18. The summed E-state index contributed by atoms with van der Waals surface area (Å²) in [5.74, 6) is -0.518. The molecule has 7 heteroatoms. The zero-order chi connectivity index (χ0) is 29.7. The highest BCUT2D eigenvalue weighted by molar-refractivity contribution is 6.18. The third kappa shape index (κ3) is 6.86. The van der Waals surface area contributed by atoms with Gasteiger partial charge in [0.05, 0.1) is 11.4 Å². The maximum absolute atomic E-state index is 13.4. The van der Waals surface area contributed by atoms with E-state index in [1.165, 1.54) is 0 Å². The standard InChI is InChI=1S/C35H35N3O4/c1-35(2,3)42-34(41)36-24-26-15-19-29(20-16-26)38-31-12-8-7-11-30(31)37(32(39)23-33(38)40)22-21-25-13-17-28(18-14-25)27-9-5-4-6-10-27/h4-20H,21-24H2,1-3H3,(H,36,41). The predicted octanol–water partition coefficient (Wildman–Crippen LogP) is 7.02. The minimum atomic E-state index is -0.577. The highest BCUT2D eigenvalue weighted by atomic mass is 16.6. The molecule has 0 atom stereocenters. The minimum Gasteiger partial charge on any atom is -0.444 e. The van der Waals surface area contributed by atoms with Gasteiger partial charge in [0.15, 0.2) is 0 Å². The average molecular weight is 562 g/mol. The molecule has 0 aromatic heterocycles. The molecule has 0 fully saturated rings. The largest absolute Gasteiger partial charge is 0.444 e. The van der Waals surface area contributed by atoms with E-state index in [-0.39, 0.29) is 24.8 Å². The predicted molar refractivity (Wildman–Crippen MR) is 166 cm³/mol. The molecule has 0 aliphatic carbocycles. The van der Waals surface area contributed by atoms with Gasteiger partial charge in [-0.15, -0.1) is 0 Å². The number of benzene rings is 4. The molecule has 4 aromatic rings. The Bertz CT molecular complexity index is 1560. The molecule has 7 nitrogen and oxygen atoms in total. The number of nitrogens with zero attached hydrogens (tertiary/aromatic N) is 2. The van der Waals surface area contributed by atoms with E-state index in [0.717, 1.165) is 22.3 Å². The SMILES string of the molecule is CC(C)(C)OC(=O)NCc1ccc(N2C(=O)CC(=O)N(CCc3ccc(-c4ccccc4)cc3)c3ccccc32)cc1. The van der Waals surface area contributed by atoms with Crippen LogP contribution in [0.4, 0.5) is 21.9 Å². The van der Waals surface area contributed by atoms with Gasteiger partial charge in [-0.25, -0.2) is 4.79 Å². The molecule has 1 aliphatic heterocycles. The Balaban J connectivity index is 1.31. The number of hydrogen-bond donors (Lipinski definition) is 1. The van der Waals surface area contributed by atoms with E-state index in [9.17, 15) is 14.4 Å². The van der Waals surface area contributed by atoms with E-state index in [1.807, 2.05) is 87.5 Å². The van der Waals surface area contributed by atoms with Crippen molar-refractivity contribution < 1.29 is 19.1 Å². The zero-order valence-electron chi connectivity index (χ0n) is 24.2. The molecule has 5 rings (SSSR count). The highest BCUT2D eigenvalue weighted by Gasteiger charge is 2.32. The van der Waals surface area contributed by atoms with Crippen molar-refractivity contribution in [3.05, 3.63) is 114 Å². The van der Waals surface area contributed by atoms with Crippen LogP contribution in [0.3, 0.4) is 0 Å². The zero-order valence-corrected chi connectivity index (χ0v) is 24.2. The van der Waals surface area contributed by atoms with Crippen molar-refractivity contribution in [1.82, 2.24) is 5.32 Å². The fraction of sp³-hybridized carbons (Fsp3) is 0.229. The van der Waals surface area contributed by atoms with Crippen molar-refractivity contribution in [2.75, 3.05) is 16.3 Å². The molecule has 3 amide bonds. The first kappa shape index (κ1) is 28.6. The Morgan fingerprint density at radius 2 is 1.33 bits per heavy atom. The summed E-state index contributed by atoms with van der Waals surface area (Å²) in [6.07, 6.45) is -0.0688. The average Bonchev–Trinajstić information content (AvgIpc) is 3.08. The van der Waals surface area contributed by atoms with E-state index >= 15 is 0 Å². The fourth-order valence-corrected chi connectivity index (χ4v) is 4.97. The lowest BCUT2D eigenvalue weighted by Gasteiger charge is -2.26. The molecular formula is C35H35N3O4. The third-order valence-electron chi connectivity index (χ3n) is 6.98. The maximum Gasteiger partial charge on any atom is 0.407 e. The summed E-state index contributed by atoms with van der Waals surface area (Å²) < 4.78 is 5.30. The van der Waals surface area contributed by atoms with E-state index < -0.39 is 11.7 Å². The monoisotopic (exact) mass is 561 g/mol. The summed E-state index contributed by atoms with van der Waals surface area (Å²) in [4.78, 5) is 42.1. The second-order valence-corrected chi connectivity index (χ2v) is 11.3. The molecule has 1 aliphatic rings. The second kappa shape index (κ2) is 12.3. The smallest absolute Gasteiger partial charge is 0.407 e. The number of carbonyl (C=O) groups excluding carboxylic acids is 3. The maximum atomic E-state index is 13.4. The molecule has 0 spiro atoms. The summed E-state index contributed by atoms with van der Waals surface area (Å²) in [6, 6.07) is 33.5. The summed E-state index contributed by atoms with van der Waals surface area (Å²) in [5, 5.41) is 2.75. The van der Waals surface area contributed by atoms with Gasteiger partial charge in [0, 0.05) is 18.8 Å². The van der Waals surface area contributed by atoms with Crippen molar-refractivity contribution in [2.24, 2.45) is 0 Å². The van der Waals surface area contributed by atoms with Gasteiger partial charge in [0.25, 0.3) is 0 Å². The first-order valence-electron chi connectivity index (χ1n) is 14.1. The third-order valence-corrected chi connectivity index (χ3v) is 6.98. The first-order valence-corrected chi connectivity index (χ1v) is 14.1. The normalized spacial score (nSPS) is 13.4. The number of nitrogens with one attached hydrogen (secondary N) is 1. The molecule has 0 bridgehead atoms. The van der Waals surface area contributed by atoms with Crippen LogP contribution in [-0.2, 0) is 27.3 Å². The molecule has 0 saturated carbocycles. The van der Waals surface area contributed by atoms with Gasteiger partial charge in [0.1, 0.15) is 12.0 Å². The number of ether oxygens (including phenoxy) is 1. The summed E-state index contributed by atoms with van der Waals surface area (Å²) in [7, 11) is 0. The molecule has 1 heterocycles. The number of rotatable bonds is 7. The lowest BCUT2D eigenvalue weighted by molar-refractivity contribution is -0.125. The molecule has 0 radical (unpaired) electrons. The van der Waals surface area contributed by atoms with E-state index in [0.29, 0.717) is 30.0 Å². The van der Waals surface area contributed by atoms with Gasteiger partial charge in [-0.2, -0.15) is 0 Å². The van der Waals surface area contributed by atoms with Crippen molar-refractivity contribution in [2.45, 2.75) is 45.8 Å². The summed E-state index contributed by atoms with van der Waals surface area (Å²) in [5.41, 5.74) is 5.71. The van der Waals surface area contributed by atoms with Gasteiger partial charge in [-0.3, -0.25) is 14.5 Å². The van der Waals surface area contributed by atoms with Gasteiger partial charge >= 0.3 is 6.09 Å². The Kier molecular flexibility index (Phi) is 8.38. The molecule has 0 saturated heterocycles. The Morgan fingerprint density at radius 3 is 2.00 bits per heavy atom. The lowest BCUT2D eigenvalue weighted by atomic mass is 10.0. The number of anilines is 3. The topological polar surface area (TPSA) is 79.0 Å². The molecule has 0 unspecified atom stereocenters. The van der Waals surface area contributed by atoms with Crippen molar-refractivity contribution in [1.29, 1.82) is 0 Å². The molecule has 42 heavy (non-hydrogen) atoms. The highest BCUT2D eigenvalue weighted by Crippen LogP contribution is 2.38. The molecule has 4 aromatic carbocycles. The Hall–Kier alpha value is -4.91. The van der Waals surface area contributed by atoms with E-state index in [2.05, 4.69) is 41.7 Å². The van der Waals surface area contributed by atoms with Crippen molar-refractivity contribution in [3.8, 4) is 11.1 Å². The number of para-hydroxylation sites is 2. The van der Waals surface area contributed by atoms with Crippen LogP contribution in [0.1, 0.15) is 38.3 Å². The first-order chi connectivity index (χ1) is 20.2. The van der Waals surface area contributed by atoms with Gasteiger partial charge < -0.3 is 15.0 Å². The van der Waals surface area contributed by atoms with Gasteiger partial charge in [-0.1, -0.05) is 78.9 Å². The number of hydrogen-bond acceptors (Lipinski definition) is 4. The summed E-state index contributed by atoms with van der Waals surface area (Å²) >= 11 is 0. The van der Waals surface area contributed by atoms with Crippen LogP contribution in [0.15, 0.2) is 103 Å². The molecule has 214 valence electrons. The van der Waals surface area contributed by atoms with Crippen LogP contribution in [0.25, 0.3) is 11.1 Å². The minimum absolute atomic E-state index is 0.228. The Labute approximate surface area is 246 Å². The van der Waals surface area contributed by atoms with Crippen LogP contribution in [0.2, 0.25) is 0 Å². The fourth-order valence-electron chi connectivity index (χ4n) is 4.97. The Morgan fingerprint density at radius 1 is 0.738 bits per heavy atom. The van der Waals surface area contributed by atoms with Crippen LogP contribution in [0, 0.1) is 0 Å². The van der Waals surface area contributed by atoms with E-state index in [4.69, 9.17) is 4.74 Å².